The first kappa shape index (κ1) is 27.7. The third kappa shape index (κ3) is 5.32. The molecule has 0 spiro atoms. The number of phenolic OH excluding ortho intramolecular Hbond substituents is 1. The summed E-state index contributed by atoms with van der Waals surface area (Å²) in [5, 5.41) is 33.9. The van der Waals surface area contributed by atoms with Gasteiger partial charge in [0, 0.05) is 54.2 Å². The van der Waals surface area contributed by atoms with Gasteiger partial charge in [-0.25, -0.2) is 0 Å². The molecule has 0 unspecified atom stereocenters. The van der Waals surface area contributed by atoms with Gasteiger partial charge in [-0.15, -0.1) is 0 Å². The van der Waals surface area contributed by atoms with Gasteiger partial charge >= 0.3 is 0 Å². The average molecular weight is 563 g/mol. The highest BCUT2D eigenvalue weighted by Gasteiger charge is 2.48. The smallest absolute Gasteiger partial charge is 0.128 e. The number of aliphatic hydroxyl groups is 2. The van der Waals surface area contributed by atoms with Crippen molar-refractivity contribution in [3.8, 4) is 28.7 Å². The third-order valence-electron chi connectivity index (χ3n) is 8.66. The maximum atomic E-state index is 12.0. The van der Waals surface area contributed by atoms with Gasteiger partial charge in [0.25, 0.3) is 0 Å². The van der Waals surface area contributed by atoms with Gasteiger partial charge in [-0.2, -0.15) is 0 Å². The molecule has 0 bridgehead atoms. The second-order valence-electron chi connectivity index (χ2n) is 11.2. The molecule has 5 atom stereocenters. The second-order valence-corrected chi connectivity index (χ2v) is 11.2. The summed E-state index contributed by atoms with van der Waals surface area (Å²) in [6.45, 7) is 1.46. The van der Waals surface area contributed by atoms with Crippen LogP contribution in [0.5, 0.6) is 28.7 Å². The predicted octanol–water partition coefficient (Wildman–Crippen LogP) is 4.90. The molecule has 3 heterocycles. The number of aliphatic hydroxyl groups excluding tert-OH is 2. The Morgan fingerprint density at radius 2 is 1.83 bits per heavy atom. The fraction of sp³-hybridized carbons (Fsp3) is 0.455. The standard InChI is InChI=1S/C33H38O8/c1-37-12-5-9-27-30(32(36)29-23-8-4-13-39-26(23)10-11-28(29)41-27)25-18-40-33-20(14-19-6-3-7-21(34)15-19)16-22(38-2)17-24(33)31(25)35/h3,6-7,10-11,15-17,25,27,30-32,34-36H,4-5,8-9,12-14,18H2,1-2H3/t25-,27-,30+,31+,32-/m0/s1. The van der Waals surface area contributed by atoms with Crippen LogP contribution in [0.25, 0.3) is 0 Å². The lowest BCUT2D eigenvalue weighted by atomic mass is 9.71. The van der Waals surface area contributed by atoms with Gasteiger partial charge in [0.1, 0.15) is 34.9 Å². The van der Waals surface area contributed by atoms with Crippen LogP contribution in [0.15, 0.2) is 48.5 Å². The monoisotopic (exact) mass is 562 g/mol. The first-order valence-electron chi connectivity index (χ1n) is 14.4. The summed E-state index contributed by atoms with van der Waals surface area (Å²) >= 11 is 0. The highest BCUT2D eigenvalue weighted by atomic mass is 16.5. The Balaban J connectivity index is 1.37. The minimum Gasteiger partial charge on any atom is -0.508 e. The highest BCUT2D eigenvalue weighted by Crippen LogP contribution is 2.52. The van der Waals surface area contributed by atoms with Gasteiger partial charge in [0.2, 0.25) is 0 Å². The molecule has 41 heavy (non-hydrogen) atoms. The minimum atomic E-state index is -0.915. The third-order valence-corrected chi connectivity index (χ3v) is 8.66. The van der Waals surface area contributed by atoms with Crippen LogP contribution in [0.3, 0.4) is 0 Å². The summed E-state index contributed by atoms with van der Waals surface area (Å²) < 4.78 is 29.8. The molecule has 6 rings (SSSR count). The molecule has 3 aromatic rings. The van der Waals surface area contributed by atoms with Crippen LogP contribution in [0.1, 0.15) is 59.3 Å². The predicted molar refractivity (Wildman–Crippen MR) is 152 cm³/mol. The lowest BCUT2D eigenvalue weighted by Crippen LogP contribution is -2.46. The van der Waals surface area contributed by atoms with Gasteiger partial charge in [0.15, 0.2) is 0 Å². The lowest BCUT2D eigenvalue weighted by Gasteiger charge is -2.45. The van der Waals surface area contributed by atoms with Crippen molar-refractivity contribution in [3.05, 3.63) is 76.3 Å². The highest BCUT2D eigenvalue weighted by molar-refractivity contribution is 5.54. The van der Waals surface area contributed by atoms with Gasteiger partial charge in [-0.05, 0) is 67.6 Å². The molecule has 8 nitrogen and oxygen atoms in total. The van der Waals surface area contributed by atoms with Gasteiger partial charge < -0.3 is 39.0 Å². The van der Waals surface area contributed by atoms with Crippen molar-refractivity contribution in [3.63, 3.8) is 0 Å². The summed E-state index contributed by atoms with van der Waals surface area (Å²) in [6.07, 6.45) is 1.50. The Bertz CT molecular complexity index is 1390. The number of rotatable bonds is 8. The number of phenols is 1. The van der Waals surface area contributed by atoms with Gasteiger partial charge in [-0.1, -0.05) is 12.1 Å². The summed E-state index contributed by atoms with van der Waals surface area (Å²) in [5.41, 5.74) is 4.16. The first-order chi connectivity index (χ1) is 20.0. The molecule has 3 aliphatic rings. The maximum Gasteiger partial charge on any atom is 0.128 e. The Morgan fingerprint density at radius 1 is 0.976 bits per heavy atom. The van der Waals surface area contributed by atoms with Crippen LogP contribution in [-0.4, -0.2) is 55.5 Å². The van der Waals surface area contributed by atoms with Crippen molar-refractivity contribution in [1.82, 2.24) is 0 Å². The molecule has 0 saturated heterocycles. The van der Waals surface area contributed by atoms with E-state index >= 15 is 0 Å². The molecule has 218 valence electrons. The average Bonchev–Trinajstić information content (AvgIpc) is 2.98. The van der Waals surface area contributed by atoms with Crippen LogP contribution in [0.4, 0.5) is 0 Å². The molecule has 0 fully saturated rings. The number of ether oxygens (including phenoxy) is 5. The summed E-state index contributed by atoms with van der Waals surface area (Å²) in [7, 11) is 3.27. The fourth-order valence-electron chi connectivity index (χ4n) is 6.74. The van der Waals surface area contributed by atoms with E-state index in [1.54, 1.807) is 32.4 Å². The van der Waals surface area contributed by atoms with E-state index in [0.29, 0.717) is 48.9 Å². The molecular formula is C33H38O8. The molecule has 3 aromatic carbocycles. The van der Waals surface area contributed by atoms with E-state index in [2.05, 4.69) is 0 Å². The zero-order chi connectivity index (χ0) is 28.5. The van der Waals surface area contributed by atoms with E-state index in [9.17, 15) is 15.3 Å². The lowest BCUT2D eigenvalue weighted by molar-refractivity contribution is -0.0894. The van der Waals surface area contributed by atoms with Gasteiger partial charge in [0.05, 0.1) is 32.5 Å². The molecule has 0 saturated carbocycles. The van der Waals surface area contributed by atoms with Crippen LogP contribution in [0.2, 0.25) is 0 Å². The maximum absolute atomic E-state index is 12.0. The number of hydrogen-bond donors (Lipinski definition) is 3. The van der Waals surface area contributed by atoms with Crippen molar-refractivity contribution < 1.29 is 39.0 Å². The second kappa shape index (κ2) is 11.8. The van der Waals surface area contributed by atoms with E-state index in [1.807, 2.05) is 30.3 Å². The molecule has 3 N–H and O–H groups in total. The molecule has 0 aromatic heterocycles. The van der Waals surface area contributed by atoms with Crippen LogP contribution in [0, 0.1) is 11.8 Å². The van der Waals surface area contributed by atoms with E-state index in [0.717, 1.165) is 47.3 Å². The zero-order valence-corrected chi connectivity index (χ0v) is 23.5. The summed E-state index contributed by atoms with van der Waals surface area (Å²) in [4.78, 5) is 0. The quantitative estimate of drug-likeness (QED) is 0.333. The van der Waals surface area contributed by atoms with Crippen molar-refractivity contribution in [2.75, 3.05) is 34.0 Å². The Labute approximate surface area is 240 Å². The topological polar surface area (TPSA) is 107 Å². The number of aromatic hydroxyl groups is 1. The Morgan fingerprint density at radius 3 is 2.63 bits per heavy atom. The number of methoxy groups -OCH3 is 2. The first-order valence-corrected chi connectivity index (χ1v) is 14.4. The normalized spacial score (nSPS) is 24.6. The largest absolute Gasteiger partial charge is 0.508 e. The van der Waals surface area contributed by atoms with Crippen LogP contribution in [-0.2, 0) is 17.6 Å². The van der Waals surface area contributed by atoms with Crippen molar-refractivity contribution >= 4 is 0 Å². The molecule has 0 amide bonds. The minimum absolute atomic E-state index is 0.193. The van der Waals surface area contributed by atoms with E-state index in [-0.39, 0.29) is 18.5 Å². The number of hydrogen-bond acceptors (Lipinski definition) is 8. The molecule has 3 aliphatic heterocycles. The Hall–Kier alpha value is -3.46. The van der Waals surface area contributed by atoms with Gasteiger partial charge in [-0.3, -0.25) is 0 Å². The van der Waals surface area contributed by atoms with Crippen molar-refractivity contribution in [2.45, 2.75) is 50.4 Å². The van der Waals surface area contributed by atoms with Crippen LogP contribution >= 0.6 is 0 Å². The SMILES string of the molecule is COCCC[C@@H]1Oc2ccc3c(c2[C@H](O)[C@@H]1[C@@H]1COc2c(Cc4cccc(O)c4)cc(OC)cc2[C@H]1O)CCCO3. The summed E-state index contributed by atoms with van der Waals surface area (Å²) in [5.74, 6) is 2.04. The van der Waals surface area contributed by atoms with E-state index in [1.165, 1.54) is 0 Å². The van der Waals surface area contributed by atoms with Crippen molar-refractivity contribution in [1.29, 1.82) is 0 Å². The molecule has 0 radical (unpaired) electrons. The fourth-order valence-corrected chi connectivity index (χ4v) is 6.74. The Kier molecular flexibility index (Phi) is 7.97. The van der Waals surface area contributed by atoms with E-state index < -0.39 is 24.0 Å². The number of fused-ring (bicyclic) bond motifs is 4. The van der Waals surface area contributed by atoms with Crippen LogP contribution < -0.4 is 18.9 Å². The number of benzene rings is 3. The van der Waals surface area contributed by atoms with Crippen molar-refractivity contribution in [2.24, 2.45) is 11.8 Å². The summed E-state index contributed by atoms with van der Waals surface area (Å²) in [6, 6.07) is 14.6. The van der Waals surface area contributed by atoms with E-state index in [4.69, 9.17) is 23.7 Å². The molecule has 8 heteroatoms. The molecular weight excluding hydrogens is 524 g/mol. The molecule has 0 aliphatic carbocycles. The zero-order valence-electron chi connectivity index (χ0n) is 23.5.